The van der Waals surface area contributed by atoms with Gasteiger partial charge in [-0.25, -0.2) is 27.5 Å². The number of aromatic nitrogens is 2. The SMILES string of the molecule is CN(C)C=Nc1cc(=O)n(C)c(=O)n1-c1ccc(F)c(F)c1F. The van der Waals surface area contributed by atoms with Crippen LogP contribution in [0.4, 0.5) is 19.0 Å². The van der Waals surface area contributed by atoms with Gasteiger partial charge in [0, 0.05) is 27.2 Å². The van der Waals surface area contributed by atoms with Crippen molar-refractivity contribution in [1.29, 1.82) is 0 Å². The third-order valence-electron chi connectivity index (χ3n) is 2.97. The molecule has 0 bridgehead atoms. The Morgan fingerprint density at radius 1 is 1.13 bits per heavy atom. The Labute approximate surface area is 128 Å². The van der Waals surface area contributed by atoms with Gasteiger partial charge >= 0.3 is 5.69 Å². The molecule has 2 aromatic rings. The van der Waals surface area contributed by atoms with Gasteiger partial charge in [-0.05, 0) is 12.1 Å². The molecule has 0 aliphatic rings. The minimum absolute atomic E-state index is 0.211. The molecule has 0 aliphatic carbocycles. The zero-order valence-corrected chi connectivity index (χ0v) is 12.5. The topological polar surface area (TPSA) is 59.6 Å². The van der Waals surface area contributed by atoms with Gasteiger partial charge in [-0.15, -0.1) is 0 Å². The number of aliphatic imine (C=N–C) groups is 1. The normalized spacial score (nSPS) is 11.2. The highest BCUT2D eigenvalue weighted by molar-refractivity contribution is 5.60. The van der Waals surface area contributed by atoms with Crippen LogP contribution in [0, 0.1) is 17.5 Å². The Balaban J connectivity index is 2.86. The number of hydrogen-bond acceptors (Lipinski definition) is 3. The second-order valence-electron chi connectivity index (χ2n) is 4.92. The largest absolute Gasteiger partial charge is 0.369 e. The molecular weight excluding hydrogens is 313 g/mol. The Bertz CT molecular complexity index is 900. The first-order valence-corrected chi connectivity index (χ1v) is 6.41. The molecule has 0 radical (unpaired) electrons. The van der Waals surface area contributed by atoms with Crippen molar-refractivity contribution in [2.45, 2.75) is 0 Å². The molecule has 0 aliphatic heterocycles. The van der Waals surface area contributed by atoms with E-state index >= 15 is 0 Å². The van der Waals surface area contributed by atoms with E-state index in [9.17, 15) is 22.8 Å². The van der Waals surface area contributed by atoms with E-state index in [1.807, 2.05) is 0 Å². The summed E-state index contributed by atoms with van der Waals surface area (Å²) in [5.41, 5.74) is -2.15. The van der Waals surface area contributed by atoms with E-state index in [1.165, 1.54) is 18.3 Å². The van der Waals surface area contributed by atoms with Crippen molar-refractivity contribution >= 4 is 12.2 Å². The van der Waals surface area contributed by atoms with Gasteiger partial charge in [0.2, 0.25) is 0 Å². The minimum atomic E-state index is -1.72. The summed E-state index contributed by atoms with van der Waals surface area (Å²) in [6.07, 6.45) is 1.28. The van der Waals surface area contributed by atoms with Crippen LogP contribution in [-0.4, -0.2) is 34.5 Å². The quantitative estimate of drug-likeness (QED) is 0.483. The lowest BCUT2D eigenvalue weighted by Gasteiger charge is -2.13. The van der Waals surface area contributed by atoms with Crippen LogP contribution in [0.3, 0.4) is 0 Å². The minimum Gasteiger partial charge on any atom is -0.369 e. The van der Waals surface area contributed by atoms with Gasteiger partial charge in [0.05, 0.1) is 12.0 Å². The van der Waals surface area contributed by atoms with E-state index in [1.54, 1.807) is 14.1 Å². The molecule has 0 fully saturated rings. The third-order valence-corrected chi connectivity index (χ3v) is 2.97. The summed E-state index contributed by atoms with van der Waals surface area (Å²) in [6.45, 7) is 0. The van der Waals surface area contributed by atoms with Crippen LogP contribution in [0.2, 0.25) is 0 Å². The highest BCUT2D eigenvalue weighted by atomic mass is 19.2. The van der Waals surface area contributed by atoms with Crippen molar-refractivity contribution in [3.05, 3.63) is 56.5 Å². The van der Waals surface area contributed by atoms with E-state index in [0.717, 1.165) is 12.1 Å². The summed E-state index contributed by atoms with van der Waals surface area (Å²) in [6, 6.07) is 2.57. The lowest BCUT2D eigenvalue weighted by molar-refractivity contribution is 0.443. The monoisotopic (exact) mass is 326 g/mol. The molecule has 0 saturated carbocycles. The first-order chi connectivity index (χ1) is 10.7. The summed E-state index contributed by atoms with van der Waals surface area (Å²) in [5, 5.41) is 0. The summed E-state index contributed by atoms with van der Waals surface area (Å²) < 4.78 is 41.9. The molecule has 0 unspecified atom stereocenters. The van der Waals surface area contributed by atoms with Crippen LogP contribution in [-0.2, 0) is 7.05 Å². The van der Waals surface area contributed by atoms with Crippen molar-refractivity contribution in [1.82, 2.24) is 14.0 Å². The number of nitrogens with zero attached hydrogens (tertiary/aromatic N) is 4. The Hall–Kier alpha value is -2.84. The maximum absolute atomic E-state index is 14.0. The van der Waals surface area contributed by atoms with Gasteiger partial charge in [0.25, 0.3) is 5.56 Å². The molecule has 0 saturated heterocycles. The molecule has 2 rings (SSSR count). The van der Waals surface area contributed by atoms with E-state index in [-0.39, 0.29) is 5.82 Å². The fourth-order valence-corrected chi connectivity index (χ4v) is 1.80. The molecule has 122 valence electrons. The molecule has 1 heterocycles. The van der Waals surface area contributed by atoms with Crippen LogP contribution in [0.25, 0.3) is 5.69 Å². The number of halogens is 3. The molecule has 0 N–H and O–H groups in total. The van der Waals surface area contributed by atoms with Crippen molar-refractivity contribution in [2.75, 3.05) is 14.1 Å². The van der Waals surface area contributed by atoms with Gasteiger partial charge < -0.3 is 4.90 Å². The lowest BCUT2D eigenvalue weighted by Crippen LogP contribution is -2.37. The van der Waals surface area contributed by atoms with Crippen molar-refractivity contribution in [3.8, 4) is 5.69 Å². The van der Waals surface area contributed by atoms with Crippen molar-refractivity contribution in [3.63, 3.8) is 0 Å². The van der Waals surface area contributed by atoms with Crippen LogP contribution in [0.5, 0.6) is 0 Å². The average Bonchev–Trinajstić information content (AvgIpc) is 2.49. The summed E-state index contributed by atoms with van der Waals surface area (Å²) in [7, 11) is 4.47. The molecule has 9 heteroatoms. The molecule has 0 amide bonds. The average molecular weight is 326 g/mol. The van der Waals surface area contributed by atoms with Gasteiger partial charge in [-0.2, -0.15) is 0 Å². The predicted octanol–water partition coefficient (Wildman–Crippen LogP) is 1.17. The number of benzene rings is 1. The highest BCUT2D eigenvalue weighted by Crippen LogP contribution is 2.21. The summed E-state index contributed by atoms with van der Waals surface area (Å²) in [4.78, 5) is 29.4. The van der Waals surface area contributed by atoms with Gasteiger partial charge in [-0.3, -0.25) is 9.36 Å². The fourth-order valence-electron chi connectivity index (χ4n) is 1.80. The van der Waals surface area contributed by atoms with Gasteiger partial charge in [0.15, 0.2) is 17.5 Å². The van der Waals surface area contributed by atoms with Crippen LogP contribution < -0.4 is 11.2 Å². The predicted molar refractivity (Wildman–Crippen MR) is 79.0 cm³/mol. The van der Waals surface area contributed by atoms with Crippen molar-refractivity contribution < 1.29 is 13.2 Å². The lowest BCUT2D eigenvalue weighted by atomic mass is 10.2. The molecule has 0 atom stereocenters. The molecule has 23 heavy (non-hydrogen) atoms. The number of rotatable bonds is 3. The Morgan fingerprint density at radius 3 is 2.39 bits per heavy atom. The number of hydrogen-bond donors (Lipinski definition) is 0. The van der Waals surface area contributed by atoms with Crippen LogP contribution in [0.1, 0.15) is 0 Å². The molecular formula is C14H13F3N4O2. The van der Waals surface area contributed by atoms with Crippen molar-refractivity contribution in [2.24, 2.45) is 12.0 Å². The van der Waals surface area contributed by atoms with Crippen LogP contribution >= 0.6 is 0 Å². The third kappa shape index (κ3) is 3.03. The van der Waals surface area contributed by atoms with Crippen LogP contribution in [0.15, 0.2) is 32.8 Å². The van der Waals surface area contributed by atoms with E-state index in [2.05, 4.69) is 4.99 Å². The first-order valence-electron chi connectivity index (χ1n) is 6.41. The van der Waals surface area contributed by atoms with E-state index < -0.39 is 34.4 Å². The summed E-state index contributed by atoms with van der Waals surface area (Å²) >= 11 is 0. The smallest absolute Gasteiger partial charge is 0.337 e. The maximum atomic E-state index is 14.0. The van der Waals surface area contributed by atoms with Gasteiger partial charge in [0.1, 0.15) is 5.82 Å². The second kappa shape index (κ2) is 6.11. The second-order valence-corrected chi connectivity index (χ2v) is 4.92. The van der Waals surface area contributed by atoms with Gasteiger partial charge in [-0.1, -0.05) is 0 Å². The molecule has 1 aromatic carbocycles. The Kier molecular flexibility index (Phi) is 4.39. The van der Waals surface area contributed by atoms with E-state index in [4.69, 9.17) is 0 Å². The van der Waals surface area contributed by atoms with E-state index in [0.29, 0.717) is 15.2 Å². The first kappa shape index (κ1) is 16.5. The zero-order valence-electron chi connectivity index (χ0n) is 12.5. The molecule has 1 aromatic heterocycles. The standard InChI is InChI=1S/C14H13F3N4O2/c1-19(2)7-18-10-6-11(22)20(3)14(23)21(10)9-5-4-8(15)12(16)13(9)17/h4-7H,1-3H3. The Morgan fingerprint density at radius 2 is 1.78 bits per heavy atom. The molecule has 6 nitrogen and oxygen atoms in total. The highest BCUT2D eigenvalue weighted by Gasteiger charge is 2.19. The molecule has 0 spiro atoms. The summed E-state index contributed by atoms with van der Waals surface area (Å²) in [5.74, 6) is -4.86. The maximum Gasteiger partial charge on any atom is 0.337 e. The fraction of sp³-hybridized carbons (Fsp3) is 0.214. The zero-order chi connectivity index (χ0) is 17.3.